The van der Waals surface area contributed by atoms with E-state index >= 15 is 0 Å². The molecule has 0 aromatic heterocycles. The number of hydrogen-bond donors (Lipinski definition) is 2. The van der Waals surface area contributed by atoms with E-state index in [1.165, 1.54) is 7.11 Å². The fourth-order valence-corrected chi connectivity index (χ4v) is 4.81. The van der Waals surface area contributed by atoms with E-state index in [-0.39, 0.29) is 18.8 Å². The van der Waals surface area contributed by atoms with Crippen LogP contribution in [0.15, 0.2) is 5.18 Å². The van der Waals surface area contributed by atoms with Crippen molar-refractivity contribution >= 4 is 11.6 Å². The molecule has 2 saturated carbocycles. The standard InChI is InChI=1S/C17H25NO7/c1-17-7-9(19)6-11(20)13(17)14(21)15(22)16(25-17)8-3-4-10(18-23)12(5-8)24-2/h8-13,16,19-20H,3-7H2,1-2H3. The van der Waals surface area contributed by atoms with Crippen LogP contribution in [-0.2, 0) is 19.1 Å². The van der Waals surface area contributed by atoms with Crippen LogP contribution in [0.3, 0.4) is 0 Å². The minimum atomic E-state index is -1.09. The highest BCUT2D eigenvalue weighted by Gasteiger charge is 2.58. The summed E-state index contributed by atoms with van der Waals surface area (Å²) in [6.07, 6.45) is -1.54. The highest BCUT2D eigenvalue weighted by Crippen LogP contribution is 2.45. The van der Waals surface area contributed by atoms with E-state index in [1.807, 2.05) is 0 Å². The molecule has 0 radical (unpaired) electrons. The number of Topliss-reactive ketones (excluding diaryl/α,β-unsaturated/α-hetero) is 2. The molecule has 0 bridgehead atoms. The molecule has 3 rings (SSSR count). The highest BCUT2D eigenvalue weighted by molar-refractivity contribution is 6.40. The lowest BCUT2D eigenvalue weighted by molar-refractivity contribution is -0.217. The van der Waals surface area contributed by atoms with Crippen LogP contribution < -0.4 is 0 Å². The van der Waals surface area contributed by atoms with Gasteiger partial charge in [0, 0.05) is 20.0 Å². The lowest BCUT2D eigenvalue weighted by Crippen LogP contribution is -2.64. The minimum Gasteiger partial charge on any atom is -0.393 e. The summed E-state index contributed by atoms with van der Waals surface area (Å²) in [5, 5.41) is 23.2. The van der Waals surface area contributed by atoms with Crippen molar-refractivity contribution in [3.05, 3.63) is 4.91 Å². The first-order valence-electron chi connectivity index (χ1n) is 8.78. The lowest BCUT2D eigenvalue weighted by Gasteiger charge is -2.50. The number of carbonyl (C=O) groups is 2. The first-order valence-corrected chi connectivity index (χ1v) is 8.78. The third-order valence-corrected chi connectivity index (χ3v) is 6.04. The van der Waals surface area contributed by atoms with E-state index in [2.05, 4.69) is 5.18 Å². The van der Waals surface area contributed by atoms with Crippen molar-refractivity contribution in [1.29, 1.82) is 0 Å². The number of nitrogens with zero attached hydrogens (tertiary/aromatic N) is 1. The smallest absolute Gasteiger partial charge is 0.227 e. The van der Waals surface area contributed by atoms with Gasteiger partial charge in [0.2, 0.25) is 11.6 Å². The van der Waals surface area contributed by atoms with Crippen molar-refractivity contribution in [2.45, 2.75) is 75.1 Å². The van der Waals surface area contributed by atoms with Gasteiger partial charge in [0.15, 0.2) is 0 Å². The van der Waals surface area contributed by atoms with Gasteiger partial charge in [0.25, 0.3) is 0 Å². The number of rotatable bonds is 3. The van der Waals surface area contributed by atoms with Gasteiger partial charge in [-0.05, 0) is 32.1 Å². The maximum atomic E-state index is 12.6. The number of aliphatic hydroxyl groups excluding tert-OH is 2. The maximum Gasteiger partial charge on any atom is 0.227 e. The first kappa shape index (κ1) is 18.6. The zero-order valence-corrected chi connectivity index (χ0v) is 14.5. The van der Waals surface area contributed by atoms with Gasteiger partial charge < -0.3 is 19.7 Å². The molecule has 0 aromatic rings. The molecule has 0 amide bonds. The van der Waals surface area contributed by atoms with Crippen LogP contribution in [0.25, 0.3) is 0 Å². The second-order valence-corrected chi connectivity index (χ2v) is 7.74. The van der Waals surface area contributed by atoms with Crippen LogP contribution in [-0.4, -0.2) is 64.9 Å². The quantitative estimate of drug-likeness (QED) is 0.554. The first-order chi connectivity index (χ1) is 11.8. The summed E-state index contributed by atoms with van der Waals surface area (Å²) in [6, 6.07) is -0.461. The van der Waals surface area contributed by atoms with Crippen molar-refractivity contribution in [3.8, 4) is 0 Å². The van der Waals surface area contributed by atoms with Crippen molar-refractivity contribution in [3.63, 3.8) is 0 Å². The summed E-state index contributed by atoms with van der Waals surface area (Å²) in [7, 11) is 1.49. The zero-order chi connectivity index (χ0) is 18.4. The van der Waals surface area contributed by atoms with Gasteiger partial charge in [-0.1, -0.05) is 5.18 Å². The van der Waals surface area contributed by atoms with Gasteiger partial charge in [-0.25, -0.2) is 0 Å². The number of nitroso groups, excluding NO2 is 1. The Morgan fingerprint density at radius 3 is 2.56 bits per heavy atom. The van der Waals surface area contributed by atoms with Gasteiger partial charge in [0.1, 0.15) is 12.1 Å². The number of carbonyl (C=O) groups excluding carboxylic acids is 2. The summed E-state index contributed by atoms with van der Waals surface area (Å²) in [5.41, 5.74) is -1.07. The van der Waals surface area contributed by atoms with Gasteiger partial charge in [-0.2, -0.15) is 4.91 Å². The Balaban J connectivity index is 1.82. The summed E-state index contributed by atoms with van der Waals surface area (Å²) in [5.74, 6) is -2.45. The second-order valence-electron chi connectivity index (χ2n) is 7.74. The van der Waals surface area contributed by atoms with Gasteiger partial charge in [0.05, 0.1) is 29.8 Å². The van der Waals surface area contributed by atoms with E-state index < -0.39 is 53.5 Å². The molecule has 0 spiro atoms. The third kappa shape index (κ3) is 3.16. The number of fused-ring (bicyclic) bond motifs is 1. The Hall–Kier alpha value is -1.22. The van der Waals surface area contributed by atoms with Crippen molar-refractivity contribution in [1.82, 2.24) is 0 Å². The number of ether oxygens (including phenoxy) is 2. The highest BCUT2D eigenvalue weighted by atomic mass is 16.5. The van der Waals surface area contributed by atoms with E-state index in [0.717, 1.165) is 0 Å². The molecule has 1 heterocycles. The predicted octanol–water partition coefficient (Wildman–Crippen LogP) is 0.364. The Morgan fingerprint density at radius 2 is 1.92 bits per heavy atom. The van der Waals surface area contributed by atoms with E-state index in [1.54, 1.807) is 6.92 Å². The third-order valence-electron chi connectivity index (χ3n) is 6.04. The molecule has 25 heavy (non-hydrogen) atoms. The summed E-state index contributed by atoms with van der Waals surface area (Å²) in [4.78, 5) is 36.2. The van der Waals surface area contributed by atoms with Crippen molar-refractivity contribution in [2.75, 3.05) is 7.11 Å². The SMILES string of the molecule is COC1CC(C2OC3(C)CC(O)CC(O)C3C(=O)C2=O)CCC1N=O. The van der Waals surface area contributed by atoms with E-state index in [4.69, 9.17) is 9.47 Å². The minimum absolute atomic E-state index is 0.0646. The fourth-order valence-electron chi connectivity index (χ4n) is 4.81. The van der Waals surface area contributed by atoms with Crippen LogP contribution in [0.5, 0.6) is 0 Å². The second kappa shape index (κ2) is 6.83. The van der Waals surface area contributed by atoms with Crippen LogP contribution in [0, 0.1) is 16.7 Å². The Labute approximate surface area is 145 Å². The molecule has 2 aliphatic carbocycles. The van der Waals surface area contributed by atoms with E-state index in [0.29, 0.717) is 19.3 Å². The van der Waals surface area contributed by atoms with Gasteiger partial charge >= 0.3 is 0 Å². The van der Waals surface area contributed by atoms with Crippen LogP contribution in [0.4, 0.5) is 0 Å². The van der Waals surface area contributed by atoms with Crippen molar-refractivity contribution in [2.24, 2.45) is 17.0 Å². The number of aliphatic hydroxyl groups is 2. The molecule has 8 heteroatoms. The van der Waals surface area contributed by atoms with Crippen LogP contribution in [0.1, 0.15) is 39.0 Å². The molecule has 3 aliphatic rings. The topological polar surface area (TPSA) is 122 Å². The molecule has 2 N–H and O–H groups in total. The predicted molar refractivity (Wildman–Crippen MR) is 85.8 cm³/mol. The molecule has 8 nitrogen and oxygen atoms in total. The molecule has 1 saturated heterocycles. The Bertz CT molecular complexity index is 567. The Morgan fingerprint density at radius 1 is 1.20 bits per heavy atom. The summed E-state index contributed by atoms with van der Waals surface area (Å²) >= 11 is 0. The Kier molecular flexibility index (Phi) is 5.07. The maximum absolute atomic E-state index is 12.6. The summed E-state index contributed by atoms with van der Waals surface area (Å²) < 4.78 is 11.4. The van der Waals surface area contributed by atoms with E-state index in [9.17, 15) is 24.7 Å². The monoisotopic (exact) mass is 355 g/mol. The molecular formula is C17H25NO7. The average molecular weight is 355 g/mol. The number of ketones is 2. The van der Waals surface area contributed by atoms with Gasteiger partial charge in [-0.15, -0.1) is 0 Å². The molecule has 0 aromatic carbocycles. The van der Waals surface area contributed by atoms with Gasteiger partial charge in [-0.3, -0.25) is 9.59 Å². The lowest BCUT2D eigenvalue weighted by atomic mass is 9.66. The zero-order valence-electron chi connectivity index (χ0n) is 14.5. The number of hydrogen-bond acceptors (Lipinski definition) is 8. The molecule has 8 unspecified atom stereocenters. The molecular weight excluding hydrogens is 330 g/mol. The fraction of sp³-hybridized carbons (Fsp3) is 0.882. The molecule has 1 aliphatic heterocycles. The number of methoxy groups -OCH3 is 1. The largest absolute Gasteiger partial charge is 0.393 e. The van der Waals surface area contributed by atoms with Crippen molar-refractivity contribution < 1.29 is 29.3 Å². The molecule has 8 atom stereocenters. The van der Waals surface area contributed by atoms with Crippen LogP contribution in [0.2, 0.25) is 0 Å². The molecule has 3 fully saturated rings. The molecule has 140 valence electrons. The van der Waals surface area contributed by atoms with Crippen LogP contribution >= 0.6 is 0 Å². The average Bonchev–Trinajstić information content (AvgIpc) is 2.56. The summed E-state index contributed by atoms with van der Waals surface area (Å²) in [6.45, 7) is 1.67. The normalized spacial score (nSPS) is 48.1.